The number of aliphatic hydroxyl groups excluding tert-OH is 1. The predicted octanol–water partition coefficient (Wildman–Crippen LogP) is 0.768. The highest BCUT2D eigenvalue weighted by Gasteiger charge is 2.40. The number of nitrogens with one attached hydrogen (secondary N) is 1. The minimum absolute atomic E-state index is 0.196. The summed E-state index contributed by atoms with van der Waals surface area (Å²) in [5, 5.41) is 11.4. The van der Waals surface area contributed by atoms with Crippen molar-refractivity contribution in [1.82, 2.24) is 14.1 Å². The van der Waals surface area contributed by atoms with Gasteiger partial charge in [-0.25, -0.2) is 8.78 Å². The number of ether oxygens (including phenoxy) is 1. The molecule has 104 valence electrons. The minimum Gasteiger partial charge on any atom is -0.473 e. The fraction of sp³-hybridized carbons (Fsp3) is 0.750. The standard InChI is InChI=1S/C8H11F4N3O2S/c9-7(10)8(11,12)4-13-1-5(16)3-17-6-2-14-18-15-6/h2,5,7,13,16H,1,3-4H2. The van der Waals surface area contributed by atoms with Gasteiger partial charge in [-0.15, -0.1) is 4.37 Å². The Hall–Kier alpha value is -1.00. The number of aliphatic hydroxyl groups is 1. The van der Waals surface area contributed by atoms with E-state index >= 15 is 0 Å². The van der Waals surface area contributed by atoms with Crippen LogP contribution in [0.1, 0.15) is 0 Å². The highest BCUT2D eigenvalue weighted by atomic mass is 32.1. The van der Waals surface area contributed by atoms with Gasteiger partial charge in [0.05, 0.1) is 18.3 Å². The van der Waals surface area contributed by atoms with Gasteiger partial charge in [-0.2, -0.15) is 13.2 Å². The number of aromatic nitrogens is 2. The van der Waals surface area contributed by atoms with Crippen LogP contribution in [0.3, 0.4) is 0 Å². The van der Waals surface area contributed by atoms with E-state index in [2.05, 4.69) is 8.75 Å². The van der Waals surface area contributed by atoms with E-state index < -0.39 is 25.0 Å². The zero-order valence-corrected chi connectivity index (χ0v) is 9.84. The van der Waals surface area contributed by atoms with Gasteiger partial charge in [0.15, 0.2) is 0 Å². The van der Waals surface area contributed by atoms with Crippen molar-refractivity contribution >= 4 is 11.7 Å². The Morgan fingerprint density at radius 2 is 2.22 bits per heavy atom. The molecular formula is C8H11F4N3O2S. The van der Waals surface area contributed by atoms with E-state index in [-0.39, 0.29) is 19.0 Å². The van der Waals surface area contributed by atoms with Crippen LogP contribution in [-0.2, 0) is 0 Å². The van der Waals surface area contributed by atoms with Gasteiger partial charge in [0, 0.05) is 6.54 Å². The van der Waals surface area contributed by atoms with Crippen LogP contribution in [0.15, 0.2) is 6.20 Å². The van der Waals surface area contributed by atoms with E-state index in [0.29, 0.717) is 0 Å². The molecule has 0 radical (unpaired) electrons. The number of alkyl halides is 4. The Morgan fingerprint density at radius 1 is 1.50 bits per heavy atom. The van der Waals surface area contributed by atoms with Crippen LogP contribution in [0.25, 0.3) is 0 Å². The zero-order valence-electron chi connectivity index (χ0n) is 9.02. The molecule has 2 N–H and O–H groups in total. The molecule has 0 saturated heterocycles. The quantitative estimate of drug-likeness (QED) is 0.692. The molecule has 0 bridgehead atoms. The first kappa shape index (κ1) is 15.1. The Balaban J connectivity index is 2.15. The molecule has 10 heteroatoms. The molecule has 0 aliphatic rings. The second kappa shape index (κ2) is 6.81. The number of halogens is 4. The molecule has 0 aliphatic carbocycles. The van der Waals surface area contributed by atoms with E-state index in [9.17, 15) is 22.7 Å². The van der Waals surface area contributed by atoms with Gasteiger partial charge in [-0.3, -0.25) is 0 Å². The Kier molecular flexibility index (Phi) is 5.69. The van der Waals surface area contributed by atoms with Crippen LogP contribution in [0, 0.1) is 0 Å². The average Bonchev–Trinajstić information content (AvgIpc) is 2.78. The van der Waals surface area contributed by atoms with E-state index in [1.165, 1.54) is 6.20 Å². The van der Waals surface area contributed by atoms with Gasteiger partial charge in [-0.1, -0.05) is 0 Å². The molecule has 1 aromatic heterocycles. The predicted molar refractivity (Wildman–Crippen MR) is 55.2 cm³/mol. The lowest BCUT2D eigenvalue weighted by Crippen LogP contribution is -2.42. The van der Waals surface area contributed by atoms with Crippen molar-refractivity contribution in [3.05, 3.63) is 6.20 Å². The molecule has 1 atom stereocenters. The highest BCUT2D eigenvalue weighted by molar-refractivity contribution is 6.99. The number of hydrogen-bond acceptors (Lipinski definition) is 6. The van der Waals surface area contributed by atoms with E-state index in [1.807, 2.05) is 5.32 Å². The molecule has 1 unspecified atom stereocenters. The summed E-state index contributed by atoms with van der Waals surface area (Å²) in [6, 6.07) is 0. The fourth-order valence-electron chi connectivity index (χ4n) is 0.943. The molecule has 18 heavy (non-hydrogen) atoms. The van der Waals surface area contributed by atoms with Gasteiger partial charge in [0.2, 0.25) is 5.88 Å². The Labute approximate surface area is 104 Å². The third-order valence-corrected chi connectivity index (χ3v) is 2.29. The van der Waals surface area contributed by atoms with Crippen LogP contribution >= 0.6 is 11.7 Å². The molecular weight excluding hydrogens is 278 g/mol. The molecule has 0 spiro atoms. The molecule has 0 amide bonds. The third-order valence-electron chi connectivity index (χ3n) is 1.82. The summed E-state index contributed by atoms with van der Waals surface area (Å²) in [7, 11) is 0. The van der Waals surface area contributed by atoms with Gasteiger partial charge in [-0.05, 0) is 0 Å². The van der Waals surface area contributed by atoms with Crippen molar-refractivity contribution in [1.29, 1.82) is 0 Å². The molecule has 0 fully saturated rings. The van der Waals surface area contributed by atoms with Crippen molar-refractivity contribution in [2.45, 2.75) is 18.5 Å². The topological polar surface area (TPSA) is 67.3 Å². The van der Waals surface area contributed by atoms with Crippen molar-refractivity contribution in [3.63, 3.8) is 0 Å². The first-order valence-corrected chi connectivity index (χ1v) is 5.60. The maximum Gasteiger partial charge on any atom is 0.319 e. The van der Waals surface area contributed by atoms with Gasteiger partial charge in [0.1, 0.15) is 18.9 Å². The first-order valence-electron chi connectivity index (χ1n) is 4.87. The first-order chi connectivity index (χ1) is 8.42. The van der Waals surface area contributed by atoms with Crippen molar-refractivity contribution in [2.75, 3.05) is 19.7 Å². The summed E-state index contributed by atoms with van der Waals surface area (Å²) in [6.07, 6.45) is -3.52. The van der Waals surface area contributed by atoms with Crippen LogP contribution < -0.4 is 10.1 Å². The summed E-state index contributed by atoms with van der Waals surface area (Å²) in [6.45, 7) is -1.70. The molecule has 0 aliphatic heterocycles. The molecule has 0 aromatic carbocycles. The lowest BCUT2D eigenvalue weighted by atomic mass is 10.3. The Morgan fingerprint density at radius 3 is 2.78 bits per heavy atom. The summed E-state index contributed by atoms with van der Waals surface area (Å²) in [4.78, 5) is 0. The van der Waals surface area contributed by atoms with Crippen molar-refractivity contribution < 1.29 is 27.4 Å². The number of nitrogens with zero attached hydrogens (tertiary/aromatic N) is 2. The molecule has 1 heterocycles. The SMILES string of the molecule is OC(CNCC(F)(F)C(F)F)COc1cnsn1. The minimum atomic E-state index is -4.11. The summed E-state index contributed by atoms with van der Waals surface area (Å²) < 4.78 is 60.8. The van der Waals surface area contributed by atoms with Crippen LogP contribution in [0.5, 0.6) is 5.88 Å². The number of rotatable bonds is 8. The average molecular weight is 289 g/mol. The lowest BCUT2D eigenvalue weighted by molar-refractivity contribution is -0.125. The number of hydrogen-bond donors (Lipinski definition) is 2. The van der Waals surface area contributed by atoms with Gasteiger partial charge >= 0.3 is 12.3 Å². The van der Waals surface area contributed by atoms with E-state index in [4.69, 9.17) is 4.74 Å². The largest absolute Gasteiger partial charge is 0.473 e. The van der Waals surface area contributed by atoms with Crippen LogP contribution in [-0.4, -0.2) is 52.0 Å². The van der Waals surface area contributed by atoms with Gasteiger partial charge in [0.25, 0.3) is 0 Å². The molecule has 0 saturated carbocycles. The zero-order chi connectivity index (χ0) is 13.6. The Bertz CT molecular complexity index is 339. The van der Waals surface area contributed by atoms with Crippen molar-refractivity contribution in [2.24, 2.45) is 0 Å². The van der Waals surface area contributed by atoms with E-state index in [0.717, 1.165) is 11.7 Å². The van der Waals surface area contributed by atoms with Gasteiger partial charge < -0.3 is 15.2 Å². The summed E-state index contributed by atoms with van der Waals surface area (Å²) >= 11 is 0.911. The fourth-order valence-corrected chi connectivity index (χ4v) is 1.31. The summed E-state index contributed by atoms with van der Waals surface area (Å²) in [5.41, 5.74) is 0. The normalized spacial score (nSPS) is 13.9. The lowest BCUT2D eigenvalue weighted by Gasteiger charge is -2.17. The molecule has 1 rings (SSSR count). The van der Waals surface area contributed by atoms with Crippen LogP contribution in [0.2, 0.25) is 0 Å². The van der Waals surface area contributed by atoms with Crippen molar-refractivity contribution in [3.8, 4) is 5.88 Å². The molecule has 5 nitrogen and oxygen atoms in total. The highest BCUT2D eigenvalue weighted by Crippen LogP contribution is 2.21. The maximum atomic E-state index is 12.5. The molecule has 1 aromatic rings. The van der Waals surface area contributed by atoms with E-state index in [1.54, 1.807) is 0 Å². The van der Waals surface area contributed by atoms with Crippen LogP contribution in [0.4, 0.5) is 17.6 Å². The second-order valence-corrected chi connectivity index (χ2v) is 3.96. The summed E-state index contributed by atoms with van der Waals surface area (Å²) in [5.74, 6) is -3.91. The second-order valence-electron chi connectivity index (χ2n) is 3.40. The third kappa shape index (κ3) is 5.10. The maximum absolute atomic E-state index is 12.5. The smallest absolute Gasteiger partial charge is 0.319 e. The monoisotopic (exact) mass is 289 g/mol.